The summed E-state index contributed by atoms with van der Waals surface area (Å²) in [4.78, 5) is 16.5. The Bertz CT molecular complexity index is 966. The fourth-order valence-electron chi connectivity index (χ4n) is 3.00. The van der Waals surface area contributed by atoms with Crippen LogP contribution in [0.15, 0.2) is 83.9 Å². The van der Waals surface area contributed by atoms with Crippen molar-refractivity contribution in [2.75, 3.05) is 0 Å². The molecule has 1 atom stereocenters. The molecule has 0 aliphatic heterocycles. The second-order valence-corrected chi connectivity index (χ2v) is 6.62. The fourth-order valence-corrected chi connectivity index (χ4v) is 3.22. The monoisotopic (exact) mass is 377 g/mol. The van der Waals surface area contributed by atoms with Gasteiger partial charge in [0.25, 0.3) is 5.91 Å². The van der Waals surface area contributed by atoms with Gasteiger partial charge in [-0.3, -0.25) is 4.79 Å². The van der Waals surface area contributed by atoms with Crippen LogP contribution in [-0.2, 0) is 11.2 Å². The molecule has 27 heavy (non-hydrogen) atoms. The van der Waals surface area contributed by atoms with Crippen LogP contribution in [0.2, 0.25) is 5.02 Å². The van der Waals surface area contributed by atoms with Crippen molar-refractivity contribution in [1.29, 1.82) is 0 Å². The Morgan fingerprint density at radius 2 is 1.56 bits per heavy atom. The quantitative estimate of drug-likeness (QED) is 0.518. The Morgan fingerprint density at radius 1 is 0.889 bits per heavy atom. The van der Waals surface area contributed by atoms with E-state index in [0.717, 1.165) is 22.3 Å². The molecule has 4 nitrogen and oxygen atoms in total. The second kappa shape index (κ2) is 8.52. The molecule has 0 radical (unpaired) electrons. The lowest BCUT2D eigenvalue weighted by Gasteiger charge is -2.16. The molecule has 3 aromatic carbocycles. The summed E-state index contributed by atoms with van der Waals surface area (Å²) in [6.45, 7) is 0. The molecule has 0 bridgehead atoms. The van der Waals surface area contributed by atoms with Crippen LogP contribution in [-0.4, -0.2) is 11.9 Å². The molecule has 0 saturated heterocycles. The van der Waals surface area contributed by atoms with E-state index in [9.17, 15) is 4.79 Å². The number of nitrogens with zero attached hydrogens (tertiary/aromatic N) is 1. The molecule has 4 N–H and O–H groups in total. The maximum atomic E-state index is 12.7. The molecule has 1 unspecified atom stereocenters. The summed E-state index contributed by atoms with van der Waals surface area (Å²) in [5.41, 5.74) is 14.7. The molecule has 0 fully saturated rings. The lowest BCUT2D eigenvalue weighted by atomic mass is 9.89. The number of rotatable bonds is 5. The first-order valence-corrected chi connectivity index (χ1v) is 8.94. The molecular formula is C22H20ClN3O. The summed E-state index contributed by atoms with van der Waals surface area (Å²) in [5, 5.41) is 0.610. The van der Waals surface area contributed by atoms with Crippen LogP contribution in [0.4, 0.5) is 0 Å². The second-order valence-electron chi connectivity index (χ2n) is 6.21. The van der Waals surface area contributed by atoms with Gasteiger partial charge in [0.15, 0.2) is 5.96 Å². The van der Waals surface area contributed by atoms with Crippen LogP contribution in [0.5, 0.6) is 0 Å². The van der Waals surface area contributed by atoms with Crippen LogP contribution >= 0.6 is 11.6 Å². The van der Waals surface area contributed by atoms with Crippen LogP contribution in [0.3, 0.4) is 0 Å². The Labute approximate surface area is 163 Å². The van der Waals surface area contributed by atoms with Gasteiger partial charge >= 0.3 is 0 Å². The Hall–Kier alpha value is -3.11. The van der Waals surface area contributed by atoms with Gasteiger partial charge in [-0.05, 0) is 34.7 Å². The van der Waals surface area contributed by atoms with Gasteiger partial charge in [0.1, 0.15) is 0 Å². The smallest absolute Gasteiger partial charge is 0.256 e. The highest BCUT2D eigenvalue weighted by Gasteiger charge is 2.22. The van der Waals surface area contributed by atoms with Gasteiger partial charge in [-0.1, -0.05) is 84.4 Å². The van der Waals surface area contributed by atoms with Gasteiger partial charge in [-0.25, -0.2) is 0 Å². The number of nitrogens with two attached hydrogens (primary N) is 2. The zero-order valence-corrected chi connectivity index (χ0v) is 15.4. The minimum absolute atomic E-state index is 0.247. The van der Waals surface area contributed by atoms with Gasteiger partial charge in [0.2, 0.25) is 0 Å². The van der Waals surface area contributed by atoms with Crippen LogP contribution in [0, 0.1) is 0 Å². The number of guanidine groups is 1. The summed E-state index contributed by atoms with van der Waals surface area (Å²) in [5.74, 6) is -1.17. The Balaban J connectivity index is 2.01. The summed E-state index contributed by atoms with van der Waals surface area (Å²) in [7, 11) is 0. The van der Waals surface area contributed by atoms with E-state index in [4.69, 9.17) is 23.1 Å². The number of benzene rings is 3. The van der Waals surface area contributed by atoms with Crippen molar-refractivity contribution < 1.29 is 4.79 Å². The van der Waals surface area contributed by atoms with Crippen molar-refractivity contribution in [2.24, 2.45) is 16.5 Å². The van der Waals surface area contributed by atoms with Crippen LogP contribution < -0.4 is 11.5 Å². The lowest BCUT2D eigenvalue weighted by Crippen LogP contribution is -2.26. The first-order valence-electron chi connectivity index (χ1n) is 8.57. The number of amides is 1. The zero-order valence-electron chi connectivity index (χ0n) is 14.7. The van der Waals surface area contributed by atoms with Gasteiger partial charge in [-0.15, -0.1) is 0 Å². The Morgan fingerprint density at radius 3 is 2.26 bits per heavy atom. The van der Waals surface area contributed by atoms with Crippen molar-refractivity contribution >= 4 is 23.5 Å². The average Bonchev–Trinajstić information content (AvgIpc) is 2.67. The molecule has 5 heteroatoms. The lowest BCUT2D eigenvalue weighted by molar-refractivity contribution is -0.119. The number of hydrogen-bond acceptors (Lipinski definition) is 1. The maximum Gasteiger partial charge on any atom is 0.256 e. The highest BCUT2D eigenvalue weighted by atomic mass is 35.5. The number of carbonyl (C=O) groups is 1. The predicted octanol–water partition coefficient (Wildman–Crippen LogP) is 4.13. The Kier molecular flexibility index (Phi) is 5.89. The first-order chi connectivity index (χ1) is 13.0. The van der Waals surface area contributed by atoms with Crippen LogP contribution in [0.1, 0.15) is 17.0 Å². The molecule has 3 aromatic rings. The zero-order chi connectivity index (χ0) is 19.2. The summed E-state index contributed by atoms with van der Waals surface area (Å²) < 4.78 is 0. The summed E-state index contributed by atoms with van der Waals surface area (Å²) in [6, 6.07) is 25.3. The normalized spacial score (nSPS) is 11.6. The van der Waals surface area contributed by atoms with Gasteiger partial charge in [-0.2, -0.15) is 4.99 Å². The molecule has 0 saturated carbocycles. The standard InChI is InChI=1S/C22H20ClN3O/c23-20-12-5-4-9-18(20)14-19(21(27)26-22(24)25)17-11-6-10-16(13-17)15-7-2-1-3-8-15/h1-13,19H,14H2,(H4,24,25,26,27). The third kappa shape index (κ3) is 4.74. The number of hydrogen-bond donors (Lipinski definition) is 2. The van der Waals surface area contributed by atoms with E-state index in [1.54, 1.807) is 6.07 Å². The van der Waals surface area contributed by atoms with Crippen molar-refractivity contribution in [1.82, 2.24) is 0 Å². The van der Waals surface area contributed by atoms with E-state index in [0.29, 0.717) is 11.4 Å². The first kappa shape index (κ1) is 18.7. The van der Waals surface area contributed by atoms with Crippen LogP contribution in [0.25, 0.3) is 11.1 Å². The minimum atomic E-state index is -0.532. The van der Waals surface area contributed by atoms with E-state index < -0.39 is 5.92 Å². The predicted molar refractivity (Wildman–Crippen MR) is 111 cm³/mol. The molecule has 0 aliphatic rings. The molecule has 3 rings (SSSR count). The van der Waals surface area contributed by atoms with Gasteiger partial charge < -0.3 is 11.5 Å². The van der Waals surface area contributed by atoms with E-state index in [2.05, 4.69) is 4.99 Å². The summed E-state index contributed by atoms with van der Waals surface area (Å²) >= 11 is 6.30. The third-order valence-electron chi connectivity index (χ3n) is 4.32. The topological polar surface area (TPSA) is 81.5 Å². The number of aliphatic imine (C=N–C) groups is 1. The van der Waals surface area contributed by atoms with Crippen molar-refractivity contribution in [3.05, 3.63) is 95.0 Å². The molecule has 0 heterocycles. The van der Waals surface area contributed by atoms with Crippen molar-refractivity contribution in [2.45, 2.75) is 12.3 Å². The molecule has 136 valence electrons. The third-order valence-corrected chi connectivity index (χ3v) is 4.68. The van der Waals surface area contributed by atoms with E-state index in [-0.39, 0.29) is 11.9 Å². The molecule has 0 aliphatic carbocycles. The summed E-state index contributed by atoms with van der Waals surface area (Å²) in [6.07, 6.45) is 0.410. The average molecular weight is 378 g/mol. The SMILES string of the molecule is NC(N)=NC(=O)C(Cc1ccccc1Cl)c1cccc(-c2ccccc2)c1. The van der Waals surface area contributed by atoms with E-state index >= 15 is 0 Å². The molecule has 0 aromatic heterocycles. The highest BCUT2D eigenvalue weighted by Crippen LogP contribution is 2.29. The fraction of sp³-hybridized carbons (Fsp3) is 0.0909. The van der Waals surface area contributed by atoms with Gasteiger partial charge in [0.05, 0.1) is 5.92 Å². The van der Waals surface area contributed by atoms with E-state index in [1.807, 2.05) is 72.8 Å². The molecular weight excluding hydrogens is 358 g/mol. The van der Waals surface area contributed by atoms with Gasteiger partial charge in [0, 0.05) is 5.02 Å². The largest absolute Gasteiger partial charge is 0.370 e. The molecule has 1 amide bonds. The molecule has 0 spiro atoms. The maximum absolute atomic E-state index is 12.7. The minimum Gasteiger partial charge on any atom is -0.370 e. The van der Waals surface area contributed by atoms with Crippen molar-refractivity contribution in [3.8, 4) is 11.1 Å². The highest BCUT2D eigenvalue weighted by molar-refractivity contribution is 6.31. The van der Waals surface area contributed by atoms with Crippen molar-refractivity contribution in [3.63, 3.8) is 0 Å². The van der Waals surface area contributed by atoms with E-state index in [1.165, 1.54) is 0 Å². The number of carbonyl (C=O) groups excluding carboxylic acids is 1. The number of halogens is 1.